The molecule has 5 rings (SSSR count). The summed E-state index contributed by atoms with van der Waals surface area (Å²) in [6, 6.07) is 10.4. The lowest BCUT2D eigenvalue weighted by molar-refractivity contribution is -0.00706. The third kappa shape index (κ3) is 3.96. The van der Waals surface area contributed by atoms with Gasteiger partial charge >= 0.3 is 6.09 Å². The van der Waals surface area contributed by atoms with Crippen LogP contribution in [-0.4, -0.2) is 39.8 Å². The zero-order valence-corrected chi connectivity index (χ0v) is 18.0. The average molecular weight is 422 g/mol. The maximum absolute atomic E-state index is 12.6. The fourth-order valence-electron chi connectivity index (χ4n) is 4.69. The molecule has 0 spiro atoms. The molecular weight excluding hydrogens is 396 g/mol. The number of benzene rings is 2. The Hall–Kier alpha value is -3.09. The Morgan fingerprint density at radius 3 is 2.55 bits per heavy atom. The number of fused-ring (bicyclic) bond motifs is 4. The van der Waals surface area contributed by atoms with Gasteiger partial charge in [0, 0.05) is 37.1 Å². The fourth-order valence-corrected chi connectivity index (χ4v) is 4.69. The average Bonchev–Trinajstić information content (AvgIpc) is 2.96. The Balaban J connectivity index is 1.33. The van der Waals surface area contributed by atoms with Gasteiger partial charge in [-0.3, -0.25) is 4.79 Å². The quantitative estimate of drug-likeness (QED) is 0.561. The molecule has 1 aliphatic carbocycles. The molecule has 3 atom stereocenters. The highest BCUT2D eigenvalue weighted by Gasteiger charge is 2.45. The molecule has 2 saturated heterocycles. The number of ether oxygens (including phenoxy) is 2. The van der Waals surface area contributed by atoms with Crippen LogP contribution in [0.1, 0.15) is 46.5 Å². The molecule has 3 aliphatic heterocycles. The van der Waals surface area contributed by atoms with Crippen molar-refractivity contribution in [1.82, 2.24) is 9.88 Å². The molecule has 3 heterocycles. The van der Waals surface area contributed by atoms with Gasteiger partial charge in [-0.1, -0.05) is 0 Å². The van der Waals surface area contributed by atoms with E-state index in [1.165, 1.54) is 12.1 Å². The van der Waals surface area contributed by atoms with E-state index in [9.17, 15) is 9.59 Å². The van der Waals surface area contributed by atoms with Crippen LogP contribution in [-0.2, 0) is 4.74 Å². The van der Waals surface area contributed by atoms with E-state index in [2.05, 4.69) is 4.98 Å². The highest BCUT2D eigenvalue weighted by Crippen LogP contribution is 2.38. The Labute approximate surface area is 180 Å². The summed E-state index contributed by atoms with van der Waals surface area (Å²) in [6.07, 6.45) is 3.31. The molecule has 1 unspecified atom stereocenters. The fraction of sp³-hybridized carbons (Fsp3) is 0.458. The smallest absolute Gasteiger partial charge is 0.410 e. The number of carbonyl (C=O) groups is 1. The van der Waals surface area contributed by atoms with Gasteiger partial charge in [-0.2, -0.15) is 0 Å². The number of nitrogens with zero attached hydrogens (tertiary/aromatic N) is 2. The minimum absolute atomic E-state index is 0.0234. The predicted octanol–water partition coefficient (Wildman–Crippen LogP) is 4.60. The normalized spacial score (nSPS) is 23.3. The lowest BCUT2D eigenvalue weighted by Gasteiger charge is -2.39. The number of rotatable bonds is 2. The van der Waals surface area contributed by atoms with Crippen molar-refractivity contribution in [3.63, 3.8) is 0 Å². The van der Waals surface area contributed by atoms with Gasteiger partial charge in [0.1, 0.15) is 28.7 Å². The SMILES string of the molecule is CC(C)(C)OC(=O)N1[C@@H]2CC[C@H]1CC(Oc1ccc3nc4ccc(=O)cc-4oc3c1)C2. The molecule has 31 heavy (non-hydrogen) atoms. The third-order valence-corrected chi connectivity index (χ3v) is 5.92. The van der Waals surface area contributed by atoms with Crippen LogP contribution in [0, 0.1) is 0 Å². The molecule has 4 aliphatic rings. The first-order valence-electron chi connectivity index (χ1n) is 10.8. The molecule has 7 nitrogen and oxygen atoms in total. The van der Waals surface area contributed by atoms with Crippen LogP contribution in [0.5, 0.6) is 5.75 Å². The topological polar surface area (TPSA) is 81.9 Å². The van der Waals surface area contributed by atoms with Gasteiger partial charge in [-0.05, 0) is 57.9 Å². The summed E-state index contributed by atoms with van der Waals surface area (Å²) in [4.78, 5) is 30.7. The monoisotopic (exact) mass is 422 g/mol. The standard InChI is InChI=1S/C24H26N2O5/c1-24(2,3)31-23(28)26-14-4-5-15(26)11-18(10-14)29-17-7-9-20-22(13-17)30-21-12-16(27)6-8-19(21)25-20/h6-9,12-15,18H,4-5,10-11H2,1-3H3/t14-,15+,18?. The molecule has 0 aromatic heterocycles. The van der Waals surface area contributed by atoms with E-state index in [0.29, 0.717) is 28.3 Å². The van der Waals surface area contributed by atoms with Crippen molar-refractivity contribution in [1.29, 1.82) is 0 Å². The number of hydrogen-bond acceptors (Lipinski definition) is 6. The van der Waals surface area contributed by atoms with E-state index in [-0.39, 0.29) is 29.7 Å². The van der Waals surface area contributed by atoms with Crippen LogP contribution in [0.3, 0.4) is 0 Å². The second-order valence-electron chi connectivity index (χ2n) is 9.46. The summed E-state index contributed by atoms with van der Waals surface area (Å²) >= 11 is 0. The Kier molecular flexibility index (Phi) is 4.64. The van der Waals surface area contributed by atoms with Crippen LogP contribution in [0.4, 0.5) is 4.79 Å². The first-order chi connectivity index (χ1) is 14.7. The van der Waals surface area contributed by atoms with Gasteiger partial charge in [-0.15, -0.1) is 0 Å². The molecule has 2 fully saturated rings. The lowest BCUT2D eigenvalue weighted by atomic mass is 10.00. The summed E-state index contributed by atoms with van der Waals surface area (Å²) in [7, 11) is 0. The minimum Gasteiger partial charge on any atom is -0.490 e. The van der Waals surface area contributed by atoms with Crippen LogP contribution in [0.15, 0.2) is 45.6 Å². The molecule has 0 saturated carbocycles. The van der Waals surface area contributed by atoms with E-state index in [1.54, 1.807) is 6.07 Å². The Bertz CT molecular complexity index is 1150. The van der Waals surface area contributed by atoms with Crippen molar-refractivity contribution in [2.75, 3.05) is 0 Å². The van der Waals surface area contributed by atoms with Gasteiger partial charge in [-0.25, -0.2) is 9.78 Å². The van der Waals surface area contributed by atoms with Crippen LogP contribution >= 0.6 is 0 Å². The van der Waals surface area contributed by atoms with Crippen molar-refractivity contribution in [3.05, 3.63) is 46.6 Å². The van der Waals surface area contributed by atoms with E-state index in [4.69, 9.17) is 13.9 Å². The number of hydrogen-bond donors (Lipinski definition) is 0. The van der Waals surface area contributed by atoms with E-state index in [0.717, 1.165) is 25.7 Å². The number of piperidine rings is 1. The molecule has 1 aromatic rings. The summed E-state index contributed by atoms with van der Waals surface area (Å²) < 4.78 is 17.8. The van der Waals surface area contributed by atoms with E-state index < -0.39 is 5.60 Å². The van der Waals surface area contributed by atoms with Crippen LogP contribution in [0.2, 0.25) is 0 Å². The zero-order chi connectivity index (χ0) is 21.8. The summed E-state index contributed by atoms with van der Waals surface area (Å²) in [5.41, 5.74) is 1.32. The number of amides is 1. The van der Waals surface area contributed by atoms with Crippen LogP contribution in [0.25, 0.3) is 22.6 Å². The second-order valence-corrected chi connectivity index (χ2v) is 9.46. The zero-order valence-electron chi connectivity index (χ0n) is 18.0. The first-order valence-corrected chi connectivity index (χ1v) is 10.8. The summed E-state index contributed by atoms with van der Waals surface area (Å²) in [5.74, 6) is 1.16. The van der Waals surface area contributed by atoms with Crippen molar-refractivity contribution >= 4 is 17.2 Å². The van der Waals surface area contributed by atoms with Crippen molar-refractivity contribution in [3.8, 4) is 17.2 Å². The number of carbonyl (C=O) groups excluding carboxylic acids is 1. The third-order valence-electron chi connectivity index (χ3n) is 5.92. The van der Waals surface area contributed by atoms with E-state index in [1.807, 2.05) is 43.9 Å². The van der Waals surface area contributed by atoms with Gasteiger partial charge in [0.25, 0.3) is 0 Å². The summed E-state index contributed by atoms with van der Waals surface area (Å²) in [5, 5.41) is 0. The molecule has 7 heteroatoms. The number of aromatic nitrogens is 1. The van der Waals surface area contributed by atoms with Gasteiger partial charge in [0.2, 0.25) is 0 Å². The predicted molar refractivity (Wildman–Crippen MR) is 115 cm³/mol. The largest absolute Gasteiger partial charge is 0.490 e. The Morgan fingerprint density at radius 2 is 1.84 bits per heavy atom. The summed E-state index contributed by atoms with van der Waals surface area (Å²) in [6.45, 7) is 5.68. The van der Waals surface area contributed by atoms with Crippen molar-refractivity contribution in [2.24, 2.45) is 0 Å². The lowest BCUT2D eigenvalue weighted by Crippen LogP contribution is -2.50. The highest BCUT2D eigenvalue weighted by molar-refractivity contribution is 5.77. The Morgan fingerprint density at radius 1 is 1.10 bits per heavy atom. The van der Waals surface area contributed by atoms with Crippen LogP contribution < -0.4 is 10.2 Å². The molecule has 1 aromatic carbocycles. The molecule has 0 radical (unpaired) electrons. The highest BCUT2D eigenvalue weighted by atomic mass is 16.6. The van der Waals surface area contributed by atoms with Crippen molar-refractivity contribution < 1.29 is 18.7 Å². The molecule has 162 valence electrons. The molecule has 1 amide bonds. The molecular formula is C24H26N2O5. The van der Waals surface area contributed by atoms with Gasteiger partial charge in [0.05, 0.1) is 0 Å². The minimum atomic E-state index is -0.497. The van der Waals surface area contributed by atoms with E-state index >= 15 is 0 Å². The van der Waals surface area contributed by atoms with Gasteiger partial charge < -0.3 is 18.8 Å². The maximum Gasteiger partial charge on any atom is 0.410 e. The molecule has 0 N–H and O–H groups in total. The van der Waals surface area contributed by atoms with Gasteiger partial charge in [0.15, 0.2) is 16.8 Å². The first kappa shape index (κ1) is 19.8. The maximum atomic E-state index is 12.6. The van der Waals surface area contributed by atoms with Crippen molar-refractivity contribution in [2.45, 2.75) is 70.2 Å². The molecule has 2 bridgehead atoms. The second kappa shape index (κ2) is 7.25.